The number of aryl methyl sites for hydroxylation is 2. The Morgan fingerprint density at radius 2 is 1.71 bits per heavy atom. The Kier molecular flexibility index (Phi) is 6.71. The van der Waals surface area contributed by atoms with Crippen LogP contribution in [-0.2, 0) is 9.59 Å². The Morgan fingerprint density at radius 3 is 2.46 bits per heavy atom. The molecule has 0 spiro atoms. The molecule has 2 amide bonds. The third-order valence-electron chi connectivity index (χ3n) is 5.76. The molecule has 0 saturated carbocycles. The highest BCUT2D eigenvalue weighted by molar-refractivity contribution is 6.31. The number of hydrogen-bond acceptors (Lipinski definition) is 4. The number of hydrogen-bond donors (Lipinski definition) is 2. The van der Waals surface area contributed by atoms with Gasteiger partial charge in [0.25, 0.3) is 5.56 Å². The zero-order chi connectivity index (χ0) is 25.3. The Hall–Kier alpha value is -3.97. The van der Waals surface area contributed by atoms with Gasteiger partial charge in [0, 0.05) is 23.2 Å². The quantitative estimate of drug-likeness (QED) is 0.388. The molecule has 1 aromatic heterocycles. The van der Waals surface area contributed by atoms with Crippen molar-refractivity contribution in [3.63, 3.8) is 0 Å². The third-order valence-corrected chi connectivity index (χ3v) is 6.00. The zero-order valence-electron chi connectivity index (χ0n) is 19.8. The molecule has 0 aliphatic rings. The lowest BCUT2D eigenvalue weighted by Gasteiger charge is -2.20. The first-order valence-electron chi connectivity index (χ1n) is 11.1. The first-order chi connectivity index (χ1) is 16.7. The monoisotopic (exact) mass is 488 g/mol. The maximum atomic E-state index is 13.8. The summed E-state index contributed by atoms with van der Waals surface area (Å²) in [5.41, 5.74) is 4.08. The SMILES string of the molecule is CC(=O)Nc1ccc(C)cc1-c1nc2ccccc2n([C@@H](C)C(=O)Nc2cc(Cl)ccc2C)c1=O. The average molecular weight is 489 g/mol. The lowest BCUT2D eigenvalue weighted by atomic mass is 10.1. The van der Waals surface area contributed by atoms with Crippen LogP contribution in [0.25, 0.3) is 22.3 Å². The lowest BCUT2D eigenvalue weighted by Crippen LogP contribution is -2.33. The van der Waals surface area contributed by atoms with Crippen molar-refractivity contribution >= 4 is 45.8 Å². The fraction of sp³-hybridized carbons (Fsp3) is 0.185. The Labute approximate surface area is 207 Å². The molecule has 0 aliphatic heterocycles. The molecule has 178 valence electrons. The summed E-state index contributed by atoms with van der Waals surface area (Å²) >= 11 is 6.11. The van der Waals surface area contributed by atoms with E-state index >= 15 is 0 Å². The molecule has 1 heterocycles. The van der Waals surface area contributed by atoms with Gasteiger partial charge in [0.2, 0.25) is 11.8 Å². The molecule has 4 aromatic rings. The van der Waals surface area contributed by atoms with Gasteiger partial charge >= 0.3 is 0 Å². The van der Waals surface area contributed by atoms with E-state index in [1.54, 1.807) is 49.4 Å². The minimum atomic E-state index is -0.860. The number of carbonyl (C=O) groups excluding carboxylic acids is 2. The standard InChI is InChI=1S/C27H25ClN4O3/c1-15-9-12-21(29-18(4)33)20(13-15)25-27(35)32(24-8-6-5-7-22(24)30-25)17(3)26(34)31-23-14-19(28)11-10-16(23)2/h5-14,17H,1-4H3,(H,29,33)(H,31,34)/t17-/m0/s1. The molecule has 7 nitrogen and oxygen atoms in total. The maximum Gasteiger partial charge on any atom is 0.278 e. The summed E-state index contributed by atoms with van der Waals surface area (Å²) < 4.78 is 1.44. The van der Waals surface area contributed by atoms with Gasteiger partial charge in [0.15, 0.2) is 0 Å². The summed E-state index contributed by atoms with van der Waals surface area (Å²) in [5.74, 6) is -0.632. The molecule has 8 heteroatoms. The summed E-state index contributed by atoms with van der Waals surface area (Å²) in [6.45, 7) is 6.83. The minimum Gasteiger partial charge on any atom is -0.326 e. The molecular formula is C27H25ClN4O3. The van der Waals surface area contributed by atoms with Crippen molar-refractivity contribution < 1.29 is 9.59 Å². The van der Waals surface area contributed by atoms with Gasteiger partial charge in [-0.2, -0.15) is 0 Å². The van der Waals surface area contributed by atoms with Crippen molar-refractivity contribution in [3.8, 4) is 11.3 Å². The number of para-hydroxylation sites is 2. The number of benzene rings is 3. The van der Waals surface area contributed by atoms with Gasteiger partial charge < -0.3 is 10.6 Å². The highest BCUT2D eigenvalue weighted by Crippen LogP contribution is 2.28. The molecular weight excluding hydrogens is 464 g/mol. The van der Waals surface area contributed by atoms with Crippen LogP contribution in [0.3, 0.4) is 0 Å². The van der Waals surface area contributed by atoms with Crippen molar-refractivity contribution in [1.29, 1.82) is 0 Å². The summed E-state index contributed by atoms with van der Waals surface area (Å²) in [6, 6.07) is 16.9. The predicted molar refractivity (Wildman–Crippen MR) is 140 cm³/mol. The van der Waals surface area contributed by atoms with E-state index in [0.29, 0.717) is 33.0 Å². The second-order valence-electron chi connectivity index (χ2n) is 8.48. The first kappa shape index (κ1) is 24.2. The largest absolute Gasteiger partial charge is 0.326 e. The van der Waals surface area contributed by atoms with Crippen molar-refractivity contribution in [2.45, 2.75) is 33.7 Å². The molecule has 0 radical (unpaired) electrons. The molecule has 4 rings (SSSR count). The summed E-state index contributed by atoms with van der Waals surface area (Å²) in [5, 5.41) is 6.16. The van der Waals surface area contributed by atoms with E-state index < -0.39 is 11.6 Å². The number of carbonyl (C=O) groups is 2. The number of nitrogens with zero attached hydrogens (tertiary/aromatic N) is 2. The number of halogens is 1. The summed E-state index contributed by atoms with van der Waals surface area (Å²) in [4.78, 5) is 43.6. The summed E-state index contributed by atoms with van der Waals surface area (Å²) in [7, 11) is 0. The smallest absolute Gasteiger partial charge is 0.278 e. The van der Waals surface area contributed by atoms with Gasteiger partial charge in [-0.25, -0.2) is 4.98 Å². The van der Waals surface area contributed by atoms with Gasteiger partial charge in [-0.05, 0) is 62.7 Å². The van der Waals surface area contributed by atoms with Crippen LogP contribution >= 0.6 is 11.6 Å². The average Bonchev–Trinajstić information content (AvgIpc) is 2.81. The molecule has 0 fully saturated rings. The first-order valence-corrected chi connectivity index (χ1v) is 11.5. The van der Waals surface area contributed by atoms with E-state index in [0.717, 1.165) is 11.1 Å². The van der Waals surface area contributed by atoms with Crippen molar-refractivity contribution in [1.82, 2.24) is 9.55 Å². The Bertz CT molecular complexity index is 1530. The number of anilines is 2. The summed E-state index contributed by atoms with van der Waals surface area (Å²) in [6.07, 6.45) is 0. The number of nitrogens with one attached hydrogen (secondary N) is 2. The van der Waals surface area contributed by atoms with Crippen LogP contribution in [0.4, 0.5) is 11.4 Å². The fourth-order valence-corrected chi connectivity index (χ4v) is 4.12. The molecule has 3 aromatic carbocycles. The van der Waals surface area contributed by atoms with Crippen LogP contribution in [0, 0.1) is 13.8 Å². The molecule has 0 aliphatic carbocycles. The van der Waals surface area contributed by atoms with E-state index in [4.69, 9.17) is 11.6 Å². The van der Waals surface area contributed by atoms with Crippen molar-refractivity contribution in [2.24, 2.45) is 0 Å². The van der Waals surface area contributed by atoms with Crippen LogP contribution in [0.5, 0.6) is 0 Å². The van der Waals surface area contributed by atoms with Crippen LogP contribution in [-0.4, -0.2) is 21.4 Å². The number of rotatable bonds is 5. The van der Waals surface area contributed by atoms with E-state index in [-0.39, 0.29) is 17.5 Å². The second-order valence-corrected chi connectivity index (χ2v) is 8.92. The van der Waals surface area contributed by atoms with Crippen molar-refractivity contribution in [2.75, 3.05) is 10.6 Å². The fourth-order valence-electron chi connectivity index (χ4n) is 3.95. The molecule has 35 heavy (non-hydrogen) atoms. The topological polar surface area (TPSA) is 93.1 Å². The van der Waals surface area contributed by atoms with Crippen LogP contribution in [0.15, 0.2) is 65.5 Å². The number of fused-ring (bicyclic) bond motifs is 1. The van der Waals surface area contributed by atoms with Gasteiger partial charge in [-0.3, -0.25) is 19.0 Å². The van der Waals surface area contributed by atoms with Gasteiger partial charge in [0.05, 0.1) is 16.7 Å². The van der Waals surface area contributed by atoms with Crippen LogP contribution < -0.4 is 16.2 Å². The molecule has 1 atom stereocenters. The highest BCUT2D eigenvalue weighted by atomic mass is 35.5. The van der Waals surface area contributed by atoms with Gasteiger partial charge in [-0.1, -0.05) is 41.4 Å². The van der Waals surface area contributed by atoms with E-state index in [9.17, 15) is 14.4 Å². The maximum absolute atomic E-state index is 13.8. The lowest BCUT2D eigenvalue weighted by molar-refractivity contribution is -0.118. The Balaban J connectivity index is 1.88. The van der Waals surface area contributed by atoms with Crippen molar-refractivity contribution in [3.05, 3.63) is 87.2 Å². The molecule has 0 saturated heterocycles. The highest BCUT2D eigenvalue weighted by Gasteiger charge is 2.23. The van der Waals surface area contributed by atoms with Gasteiger partial charge in [-0.15, -0.1) is 0 Å². The Morgan fingerprint density at radius 1 is 0.971 bits per heavy atom. The third kappa shape index (κ3) is 4.95. The normalized spacial score (nSPS) is 11.8. The van der Waals surface area contributed by atoms with Crippen LogP contribution in [0.1, 0.15) is 31.0 Å². The zero-order valence-corrected chi connectivity index (χ0v) is 20.6. The van der Waals surface area contributed by atoms with E-state index in [1.165, 1.54) is 11.5 Å². The van der Waals surface area contributed by atoms with E-state index in [1.807, 2.05) is 32.0 Å². The molecule has 0 bridgehead atoms. The van der Waals surface area contributed by atoms with E-state index in [2.05, 4.69) is 15.6 Å². The second kappa shape index (κ2) is 9.72. The number of amides is 2. The number of aromatic nitrogens is 2. The minimum absolute atomic E-state index is 0.148. The van der Waals surface area contributed by atoms with Crippen LogP contribution in [0.2, 0.25) is 5.02 Å². The van der Waals surface area contributed by atoms with Gasteiger partial charge in [0.1, 0.15) is 11.7 Å². The molecule has 2 N–H and O–H groups in total. The predicted octanol–water partition coefficient (Wildman–Crippen LogP) is 5.49. The molecule has 0 unspecified atom stereocenters.